The number of fused-ring (bicyclic) bond motifs is 1. The lowest BCUT2D eigenvalue weighted by atomic mass is 10.0. The third-order valence-corrected chi connectivity index (χ3v) is 3.76. The minimum Gasteiger partial charge on any atom is -0.443 e. The Bertz CT molecular complexity index is 421. The van der Waals surface area contributed by atoms with E-state index in [1.54, 1.807) is 0 Å². The van der Waals surface area contributed by atoms with Crippen LogP contribution in [-0.4, -0.2) is 42.8 Å². The average molecular weight is 246 g/mol. The molecular weight excluding hydrogens is 228 g/mol. The molecule has 0 aromatic heterocycles. The highest BCUT2D eigenvalue weighted by Crippen LogP contribution is 2.24. The van der Waals surface area contributed by atoms with Gasteiger partial charge in [-0.1, -0.05) is 30.3 Å². The zero-order valence-electron chi connectivity index (χ0n) is 10.3. The second-order valence-corrected chi connectivity index (χ2v) is 4.91. The number of nitrogens with one attached hydrogen (secondary N) is 1. The van der Waals surface area contributed by atoms with Gasteiger partial charge in [0.25, 0.3) is 0 Å². The van der Waals surface area contributed by atoms with Crippen LogP contribution < -0.4 is 5.32 Å². The third kappa shape index (κ3) is 2.20. The molecule has 2 aliphatic heterocycles. The molecule has 18 heavy (non-hydrogen) atoms. The molecule has 4 heteroatoms. The normalized spacial score (nSPS) is 26.9. The van der Waals surface area contributed by atoms with Crippen molar-refractivity contribution in [3.05, 3.63) is 35.9 Å². The van der Waals surface area contributed by atoms with Gasteiger partial charge in [0, 0.05) is 13.1 Å². The summed E-state index contributed by atoms with van der Waals surface area (Å²) in [6.07, 6.45) is 1.78. The van der Waals surface area contributed by atoms with Crippen LogP contribution in [0.15, 0.2) is 30.3 Å². The van der Waals surface area contributed by atoms with E-state index in [0.29, 0.717) is 0 Å². The second-order valence-electron chi connectivity index (χ2n) is 4.91. The molecule has 2 saturated heterocycles. The van der Waals surface area contributed by atoms with Crippen molar-refractivity contribution in [2.75, 3.05) is 19.6 Å². The Hall–Kier alpha value is -1.55. The number of carbonyl (C=O) groups is 1. The van der Waals surface area contributed by atoms with Crippen LogP contribution in [0.2, 0.25) is 0 Å². The highest BCUT2D eigenvalue weighted by atomic mass is 16.6. The molecule has 1 amide bonds. The van der Waals surface area contributed by atoms with Gasteiger partial charge in [-0.05, 0) is 24.9 Å². The van der Waals surface area contributed by atoms with Gasteiger partial charge in [-0.3, -0.25) is 0 Å². The SMILES string of the molecule is O=C1O[C@H]2CNCC[C@@H]2N1CCc1ccccc1. The van der Waals surface area contributed by atoms with E-state index in [2.05, 4.69) is 17.4 Å². The Morgan fingerprint density at radius 1 is 1.33 bits per heavy atom. The highest BCUT2D eigenvalue weighted by molar-refractivity contribution is 5.70. The van der Waals surface area contributed by atoms with E-state index in [0.717, 1.165) is 32.5 Å². The van der Waals surface area contributed by atoms with Crippen LogP contribution in [0.3, 0.4) is 0 Å². The number of hydrogen-bond acceptors (Lipinski definition) is 3. The molecule has 1 aromatic rings. The first-order valence-corrected chi connectivity index (χ1v) is 6.56. The number of benzene rings is 1. The maximum absolute atomic E-state index is 11.8. The molecular formula is C14H18N2O2. The molecule has 0 spiro atoms. The van der Waals surface area contributed by atoms with Crippen molar-refractivity contribution in [2.45, 2.75) is 25.0 Å². The van der Waals surface area contributed by atoms with E-state index in [4.69, 9.17) is 4.74 Å². The fraction of sp³-hybridized carbons (Fsp3) is 0.500. The van der Waals surface area contributed by atoms with E-state index in [9.17, 15) is 4.79 Å². The summed E-state index contributed by atoms with van der Waals surface area (Å²) in [5.74, 6) is 0. The van der Waals surface area contributed by atoms with Crippen LogP contribution in [0.5, 0.6) is 0 Å². The van der Waals surface area contributed by atoms with Gasteiger partial charge in [0.2, 0.25) is 0 Å². The highest BCUT2D eigenvalue weighted by Gasteiger charge is 2.42. The molecule has 0 aliphatic carbocycles. The molecule has 0 unspecified atom stereocenters. The van der Waals surface area contributed by atoms with E-state index >= 15 is 0 Å². The summed E-state index contributed by atoms with van der Waals surface area (Å²) in [5.41, 5.74) is 1.27. The quantitative estimate of drug-likeness (QED) is 0.877. The summed E-state index contributed by atoms with van der Waals surface area (Å²) in [5, 5.41) is 3.27. The number of amides is 1. The summed E-state index contributed by atoms with van der Waals surface area (Å²) < 4.78 is 5.39. The number of ether oxygens (including phenoxy) is 1. The summed E-state index contributed by atoms with van der Waals surface area (Å²) in [6, 6.07) is 10.5. The minimum absolute atomic E-state index is 0.0435. The Morgan fingerprint density at radius 2 is 2.17 bits per heavy atom. The summed E-state index contributed by atoms with van der Waals surface area (Å²) in [6.45, 7) is 2.52. The van der Waals surface area contributed by atoms with Gasteiger partial charge in [0.15, 0.2) is 0 Å². The summed E-state index contributed by atoms with van der Waals surface area (Å²) in [7, 11) is 0. The molecule has 0 saturated carbocycles. The molecule has 2 heterocycles. The van der Waals surface area contributed by atoms with Gasteiger partial charge in [0.1, 0.15) is 6.10 Å². The van der Waals surface area contributed by atoms with Crippen LogP contribution in [0, 0.1) is 0 Å². The maximum Gasteiger partial charge on any atom is 0.410 e. The minimum atomic E-state index is -0.148. The largest absolute Gasteiger partial charge is 0.443 e. The first-order chi connectivity index (χ1) is 8.84. The molecule has 2 fully saturated rings. The molecule has 4 nitrogen and oxygen atoms in total. The Morgan fingerprint density at radius 3 is 3.00 bits per heavy atom. The van der Waals surface area contributed by atoms with Crippen molar-refractivity contribution in [1.82, 2.24) is 10.2 Å². The van der Waals surface area contributed by atoms with Crippen molar-refractivity contribution in [3.63, 3.8) is 0 Å². The van der Waals surface area contributed by atoms with Crippen molar-refractivity contribution < 1.29 is 9.53 Å². The fourth-order valence-electron chi connectivity index (χ4n) is 2.78. The topological polar surface area (TPSA) is 41.6 Å². The van der Waals surface area contributed by atoms with E-state index in [1.165, 1.54) is 5.56 Å². The summed E-state index contributed by atoms with van der Waals surface area (Å²) in [4.78, 5) is 13.7. The lowest BCUT2D eigenvalue weighted by molar-refractivity contribution is 0.121. The van der Waals surface area contributed by atoms with Gasteiger partial charge in [0.05, 0.1) is 6.04 Å². The molecule has 2 atom stereocenters. The zero-order valence-corrected chi connectivity index (χ0v) is 10.3. The number of nitrogens with zero attached hydrogens (tertiary/aromatic N) is 1. The first kappa shape index (κ1) is 11.5. The molecule has 2 aliphatic rings. The van der Waals surface area contributed by atoms with Crippen LogP contribution in [0.25, 0.3) is 0 Å². The van der Waals surface area contributed by atoms with Crippen LogP contribution in [0.1, 0.15) is 12.0 Å². The molecule has 0 radical (unpaired) electrons. The lowest BCUT2D eigenvalue weighted by Gasteiger charge is -2.28. The molecule has 0 bridgehead atoms. The lowest BCUT2D eigenvalue weighted by Crippen LogP contribution is -2.47. The summed E-state index contributed by atoms with van der Waals surface area (Å²) >= 11 is 0. The zero-order chi connectivity index (χ0) is 12.4. The molecule has 96 valence electrons. The fourth-order valence-corrected chi connectivity index (χ4v) is 2.78. The predicted octanol–water partition coefficient (Wildman–Crippen LogP) is 1.41. The smallest absolute Gasteiger partial charge is 0.410 e. The Labute approximate surface area is 107 Å². The number of hydrogen-bond donors (Lipinski definition) is 1. The van der Waals surface area contributed by atoms with Gasteiger partial charge in [-0.2, -0.15) is 0 Å². The van der Waals surface area contributed by atoms with E-state index in [1.807, 2.05) is 23.1 Å². The predicted molar refractivity (Wildman–Crippen MR) is 68.4 cm³/mol. The molecule has 1 N–H and O–H groups in total. The molecule has 3 rings (SSSR count). The van der Waals surface area contributed by atoms with Gasteiger partial charge in [-0.15, -0.1) is 0 Å². The number of piperidine rings is 1. The number of rotatable bonds is 3. The van der Waals surface area contributed by atoms with Crippen LogP contribution >= 0.6 is 0 Å². The average Bonchev–Trinajstić information content (AvgIpc) is 2.73. The molecule has 1 aromatic carbocycles. The van der Waals surface area contributed by atoms with Gasteiger partial charge < -0.3 is 15.0 Å². The van der Waals surface area contributed by atoms with Crippen molar-refractivity contribution in [3.8, 4) is 0 Å². The third-order valence-electron chi connectivity index (χ3n) is 3.76. The van der Waals surface area contributed by atoms with Gasteiger partial charge in [-0.25, -0.2) is 4.79 Å². The van der Waals surface area contributed by atoms with Gasteiger partial charge >= 0.3 is 6.09 Å². The van der Waals surface area contributed by atoms with Crippen molar-refractivity contribution >= 4 is 6.09 Å². The van der Waals surface area contributed by atoms with Crippen molar-refractivity contribution in [1.29, 1.82) is 0 Å². The van der Waals surface area contributed by atoms with E-state index < -0.39 is 0 Å². The maximum atomic E-state index is 11.8. The monoisotopic (exact) mass is 246 g/mol. The number of carbonyl (C=O) groups excluding carboxylic acids is 1. The Kier molecular flexibility index (Phi) is 3.19. The Balaban J connectivity index is 1.63. The van der Waals surface area contributed by atoms with Crippen LogP contribution in [0.4, 0.5) is 4.79 Å². The first-order valence-electron chi connectivity index (χ1n) is 6.56. The second kappa shape index (κ2) is 4.98. The van der Waals surface area contributed by atoms with E-state index in [-0.39, 0.29) is 18.2 Å². The van der Waals surface area contributed by atoms with Crippen LogP contribution in [-0.2, 0) is 11.2 Å². The standard InChI is InChI=1S/C14H18N2O2/c17-14-16(9-7-11-4-2-1-3-5-11)12-6-8-15-10-13(12)18-14/h1-5,12-13,15H,6-10H2/t12-,13-/m0/s1. The van der Waals surface area contributed by atoms with Crippen molar-refractivity contribution in [2.24, 2.45) is 0 Å².